The lowest BCUT2D eigenvalue weighted by atomic mass is 10.0. The zero-order valence-electron chi connectivity index (χ0n) is 16.0. The van der Waals surface area contributed by atoms with E-state index in [9.17, 15) is 9.59 Å². The maximum atomic E-state index is 12.6. The Morgan fingerprint density at radius 1 is 0.900 bits per heavy atom. The lowest BCUT2D eigenvalue weighted by Gasteiger charge is -2.16. The van der Waals surface area contributed by atoms with Gasteiger partial charge < -0.3 is 15.8 Å². The largest absolute Gasteiger partial charge is 0.489 e. The second-order valence-electron chi connectivity index (χ2n) is 6.71. The summed E-state index contributed by atoms with van der Waals surface area (Å²) in [5.74, 6) is -0.299. The molecule has 3 N–H and O–H groups in total. The van der Waals surface area contributed by atoms with Crippen LogP contribution in [0.1, 0.15) is 21.5 Å². The second-order valence-corrected chi connectivity index (χ2v) is 8.54. The molecule has 0 bridgehead atoms. The number of amides is 2. The van der Waals surface area contributed by atoms with E-state index in [1.165, 1.54) is 0 Å². The minimum absolute atomic E-state index is 0.263. The number of hydrogen-bond acceptors (Lipinski definition) is 3. The van der Waals surface area contributed by atoms with Crippen LogP contribution in [0.4, 0.5) is 0 Å². The molecule has 3 rings (SSSR count). The molecule has 0 spiro atoms. The van der Waals surface area contributed by atoms with Gasteiger partial charge in [-0.3, -0.25) is 9.59 Å². The number of ether oxygens (including phenoxy) is 1. The van der Waals surface area contributed by atoms with E-state index < -0.39 is 11.9 Å². The molecule has 0 aliphatic heterocycles. The van der Waals surface area contributed by atoms with Crippen LogP contribution in [0.5, 0.6) is 5.75 Å². The van der Waals surface area contributed by atoms with E-state index in [1.54, 1.807) is 12.1 Å². The van der Waals surface area contributed by atoms with Gasteiger partial charge in [0, 0.05) is 20.9 Å². The topological polar surface area (TPSA) is 81.4 Å². The standard InChI is InChI=1S/C23H20Br2N2O3/c24-18-11-17(12-19(25)13-18)23(29)27-21(22(26)28)10-16-7-4-8-20(9-16)30-14-15-5-2-1-3-6-15/h1-9,11-13,21H,10,14H2,(H2,26,28)(H,27,29)/t21-/m1/s1. The second kappa shape index (κ2) is 10.4. The summed E-state index contributed by atoms with van der Waals surface area (Å²) in [6, 6.07) is 21.6. The van der Waals surface area contributed by atoms with Gasteiger partial charge >= 0.3 is 0 Å². The number of nitrogens with one attached hydrogen (secondary N) is 1. The Morgan fingerprint density at radius 2 is 1.57 bits per heavy atom. The average molecular weight is 532 g/mol. The number of hydrogen-bond donors (Lipinski definition) is 2. The first kappa shape index (κ1) is 22.1. The van der Waals surface area contributed by atoms with E-state index in [-0.39, 0.29) is 12.3 Å². The fourth-order valence-corrected chi connectivity index (χ4v) is 4.18. The van der Waals surface area contributed by atoms with Gasteiger partial charge in [0.25, 0.3) is 5.91 Å². The number of carbonyl (C=O) groups excluding carboxylic acids is 2. The molecular weight excluding hydrogens is 512 g/mol. The molecule has 0 fully saturated rings. The first-order valence-electron chi connectivity index (χ1n) is 9.22. The number of nitrogens with two attached hydrogens (primary N) is 1. The molecule has 0 saturated carbocycles. The summed E-state index contributed by atoms with van der Waals surface area (Å²) in [4.78, 5) is 24.6. The fourth-order valence-electron chi connectivity index (χ4n) is 2.89. The molecule has 0 heterocycles. The van der Waals surface area contributed by atoms with Crippen molar-refractivity contribution in [3.05, 3.63) is 98.4 Å². The van der Waals surface area contributed by atoms with Crippen molar-refractivity contribution in [2.45, 2.75) is 19.1 Å². The Hall–Kier alpha value is -2.64. The lowest BCUT2D eigenvalue weighted by Crippen LogP contribution is -2.45. The lowest BCUT2D eigenvalue weighted by molar-refractivity contribution is -0.119. The minimum atomic E-state index is -0.848. The molecule has 0 aliphatic carbocycles. The van der Waals surface area contributed by atoms with Gasteiger partial charge in [0.2, 0.25) is 5.91 Å². The van der Waals surface area contributed by atoms with Crippen molar-refractivity contribution < 1.29 is 14.3 Å². The van der Waals surface area contributed by atoms with Gasteiger partial charge in [-0.25, -0.2) is 0 Å². The number of benzene rings is 3. The number of halogens is 2. The van der Waals surface area contributed by atoms with E-state index in [0.29, 0.717) is 17.9 Å². The summed E-state index contributed by atoms with van der Waals surface area (Å²) in [7, 11) is 0. The molecule has 0 saturated heterocycles. The van der Waals surface area contributed by atoms with Crippen molar-refractivity contribution in [3.8, 4) is 5.75 Å². The highest BCUT2D eigenvalue weighted by molar-refractivity contribution is 9.11. The quantitative estimate of drug-likeness (QED) is 0.445. The Kier molecular flexibility index (Phi) is 7.65. The van der Waals surface area contributed by atoms with Crippen LogP contribution in [0, 0.1) is 0 Å². The van der Waals surface area contributed by atoms with Gasteiger partial charge in [-0.05, 0) is 41.5 Å². The average Bonchev–Trinajstić information content (AvgIpc) is 2.72. The van der Waals surface area contributed by atoms with E-state index in [1.807, 2.05) is 60.7 Å². The number of primary amides is 1. The summed E-state index contributed by atoms with van der Waals surface area (Å²) in [5, 5.41) is 2.72. The highest BCUT2D eigenvalue weighted by Crippen LogP contribution is 2.21. The highest BCUT2D eigenvalue weighted by atomic mass is 79.9. The van der Waals surface area contributed by atoms with Gasteiger partial charge in [-0.2, -0.15) is 0 Å². The molecular formula is C23H20Br2N2O3. The third-order valence-electron chi connectivity index (χ3n) is 4.36. The van der Waals surface area contributed by atoms with Crippen LogP contribution < -0.4 is 15.8 Å². The van der Waals surface area contributed by atoms with Crippen molar-refractivity contribution in [1.29, 1.82) is 0 Å². The third kappa shape index (κ3) is 6.43. The molecule has 5 nitrogen and oxygen atoms in total. The van der Waals surface area contributed by atoms with Crippen LogP contribution in [0.25, 0.3) is 0 Å². The molecule has 30 heavy (non-hydrogen) atoms. The maximum absolute atomic E-state index is 12.6. The molecule has 0 aliphatic rings. The van der Waals surface area contributed by atoms with Gasteiger partial charge in [0.1, 0.15) is 18.4 Å². The van der Waals surface area contributed by atoms with E-state index in [2.05, 4.69) is 37.2 Å². The molecule has 0 radical (unpaired) electrons. The Balaban J connectivity index is 1.67. The Morgan fingerprint density at radius 3 is 2.23 bits per heavy atom. The smallest absolute Gasteiger partial charge is 0.252 e. The summed E-state index contributed by atoms with van der Waals surface area (Å²) in [6.07, 6.45) is 0.263. The molecule has 154 valence electrons. The zero-order valence-corrected chi connectivity index (χ0v) is 19.1. The van der Waals surface area contributed by atoms with Crippen molar-refractivity contribution in [1.82, 2.24) is 5.32 Å². The van der Waals surface area contributed by atoms with Crippen LogP contribution in [0.2, 0.25) is 0 Å². The molecule has 3 aromatic carbocycles. The molecule has 1 atom stereocenters. The SMILES string of the molecule is NC(=O)[C@@H](Cc1cccc(OCc2ccccc2)c1)NC(=O)c1cc(Br)cc(Br)c1. The fraction of sp³-hybridized carbons (Fsp3) is 0.130. The Bertz CT molecular complexity index is 1020. The monoisotopic (exact) mass is 530 g/mol. The molecule has 3 aromatic rings. The third-order valence-corrected chi connectivity index (χ3v) is 5.28. The molecule has 7 heteroatoms. The van der Waals surface area contributed by atoms with Crippen molar-refractivity contribution in [2.24, 2.45) is 5.73 Å². The first-order valence-corrected chi connectivity index (χ1v) is 10.8. The summed E-state index contributed by atoms with van der Waals surface area (Å²) < 4.78 is 7.34. The van der Waals surface area contributed by atoms with E-state index >= 15 is 0 Å². The predicted molar refractivity (Wildman–Crippen MR) is 123 cm³/mol. The summed E-state index contributed by atoms with van der Waals surface area (Å²) in [5.41, 5.74) is 7.85. The van der Waals surface area contributed by atoms with Gasteiger partial charge in [-0.1, -0.05) is 74.3 Å². The van der Waals surface area contributed by atoms with Crippen molar-refractivity contribution in [3.63, 3.8) is 0 Å². The van der Waals surface area contributed by atoms with Crippen LogP contribution in [0.3, 0.4) is 0 Å². The normalized spacial score (nSPS) is 11.5. The number of rotatable bonds is 8. The first-order chi connectivity index (χ1) is 14.4. The zero-order chi connectivity index (χ0) is 21.5. The van der Waals surface area contributed by atoms with Crippen LogP contribution in [0.15, 0.2) is 81.7 Å². The predicted octanol–water partition coefficient (Wildman–Crippen LogP) is 4.62. The van der Waals surface area contributed by atoms with Crippen LogP contribution >= 0.6 is 31.9 Å². The van der Waals surface area contributed by atoms with Gasteiger partial charge in [0.05, 0.1) is 0 Å². The van der Waals surface area contributed by atoms with E-state index in [4.69, 9.17) is 10.5 Å². The van der Waals surface area contributed by atoms with Crippen LogP contribution in [-0.4, -0.2) is 17.9 Å². The van der Waals surface area contributed by atoms with Gasteiger partial charge in [0.15, 0.2) is 0 Å². The molecule has 2 amide bonds. The van der Waals surface area contributed by atoms with Crippen LogP contribution in [-0.2, 0) is 17.8 Å². The highest BCUT2D eigenvalue weighted by Gasteiger charge is 2.20. The summed E-state index contributed by atoms with van der Waals surface area (Å²) in [6.45, 7) is 0.442. The maximum Gasteiger partial charge on any atom is 0.252 e. The number of carbonyl (C=O) groups is 2. The van der Waals surface area contributed by atoms with E-state index in [0.717, 1.165) is 20.1 Å². The Labute approximate surface area is 191 Å². The van der Waals surface area contributed by atoms with Gasteiger partial charge in [-0.15, -0.1) is 0 Å². The molecule has 0 aromatic heterocycles. The minimum Gasteiger partial charge on any atom is -0.489 e. The van der Waals surface area contributed by atoms with Crippen molar-refractivity contribution >= 4 is 43.7 Å². The van der Waals surface area contributed by atoms with Crippen molar-refractivity contribution in [2.75, 3.05) is 0 Å². The molecule has 0 unspecified atom stereocenters. The summed E-state index contributed by atoms with van der Waals surface area (Å²) >= 11 is 6.71.